The zero-order valence-corrected chi connectivity index (χ0v) is 18.7. The first-order valence-corrected chi connectivity index (χ1v) is 13.6. The van der Waals surface area contributed by atoms with E-state index in [-0.39, 0.29) is 28.7 Å². The number of hydrogen-bond acceptors (Lipinski definition) is 6. The van der Waals surface area contributed by atoms with Crippen molar-refractivity contribution in [3.05, 3.63) is 46.2 Å². The zero-order valence-electron chi connectivity index (χ0n) is 16.2. The molecule has 3 rings (SSSR count). The number of benzene rings is 1. The van der Waals surface area contributed by atoms with Crippen LogP contribution in [0.3, 0.4) is 0 Å². The molecule has 2 heterocycles. The number of sulfonamides is 1. The van der Waals surface area contributed by atoms with E-state index in [0.29, 0.717) is 23.7 Å². The van der Waals surface area contributed by atoms with Gasteiger partial charge in [-0.1, -0.05) is 25.5 Å². The predicted molar refractivity (Wildman–Crippen MR) is 118 cm³/mol. The first-order valence-electron chi connectivity index (χ1n) is 9.40. The van der Waals surface area contributed by atoms with Gasteiger partial charge in [-0.25, -0.2) is 8.42 Å². The molecule has 1 amide bonds. The Labute approximate surface area is 177 Å². The number of nitrogens with one attached hydrogen (secondary N) is 1. The SMILES string of the molecule is CCCc1ccc(S(=O)(=O)Nc2ccsc2CC(=O)N2CCS(O)(O)CC2)cc1. The van der Waals surface area contributed by atoms with Crippen molar-refractivity contribution >= 4 is 43.5 Å². The highest BCUT2D eigenvalue weighted by atomic mass is 32.3. The van der Waals surface area contributed by atoms with Gasteiger partial charge in [0.1, 0.15) is 0 Å². The van der Waals surface area contributed by atoms with Gasteiger partial charge < -0.3 is 4.90 Å². The fraction of sp³-hybridized carbons (Fsp3) is 0.421. The van der Waals surface area contributed by atoms with Crippen molar-refractivity contribution in [3.8, 4) is 0 Å². The van der Waals surface area contributed by atoms with E-state index in [4.69, 9.17) is 0 Å². The zero-order chi connectivity index (χ0) is 21.1. The van der Waals surface area contributed by atoms with Gasteiger partial charge in [-0.05, 0) is 35.6 Å². The highest BCUT2D eigenvalue weighted by molar-refractivity contribution is 8.24. The lowest BCUT2D eigenvalue weighted by molar-refractivity contribution is -0.130. The first kappa shape index (κ1) is 22.1. The van der Waals surface area contributed by atoms with E-state index in [1.54, 1.807) is 28.5 Å². The lowest BCUT2D eigenvalue weighted by Crippen LogP contribution is -2.42. The minimum Gasteiger partial charge on any atom is -0.339 e. The Bertz CT molecular complexity index is 944. The molecule has 0 aliphatic carbocycles. The lowest BCUT2D eigenvalue weighted by atomic mass is 10.1. The molecule has 1 aromatic heterocycles. The normalized spacial score (nSPS) is 17.7. The van der Waals surface area contributed by atoms with Gasteiger partial charge in [-0.15, -0.1) is 11.3 Å². The Balaban J connectivity index is 1.67. The van der Waals surface area contributed by atoms with Crippen molar-refractivity contribution in [1.29, 1.82) is 0 Å². The average Bonchev–Trinajstić information content (AvgIpc) is 3.08. The average molecular weight is 459 g/mol. The van der Waals surface area contributed by atoms with Crippen LogP contribution in [0.1, 0.15) is 23.8 Å². The van der Waals surface area contributed by atoms with Gasteiger partial charge in [0.2, 0.25) is 5.91 Å². The van der Waals surface area contributed by atoms with Gasteiger partial charge in [-0.2, -0.15) is 10.6 Å². The van der Waals surface area contributed by atoms with E-state index >= 15 is 0 Å². The molecule has 0 radical (unpaired) electrons. The summed E-state index contributed by atoms with van der Waals surface area (Å²) in [6.07, 6.45) is 1.97. The van der Waals surface area contributed by atoms with Crippen molar-refractivity contribution in [2.45, 2.75) is 31.1 Å². The Hall–Kier alpha value is -1.59. The number of carbonyl (C=O) groups excluding carboxylic acids is 1. The second kappa shape index (κ2) is 9.05. The topological polar surface area (TPSA) is 107 Å². The maximum Gasteiger partial charge on any atom is 0.261 e. The van der Waals surface area contributed by atoms with Crippen LogP contribution in [0.15, 0.2) is 40.6 Å². The third kappa shape index (κ3) is 5.73. The highest BCUT2D eigenvalue weighted by Gasteiger charge is 2.26. The molecule has 29 heavy (non-hydrogen) atoms. The third-order valence-corrected chi connectivity index (χ3v) is 8.78. The maximum atomic E-state index is 12.7. The Kier molecular flexibility index (Phi) is 6.90. The van der Waals surface area contributed by atoms with Gasteiger partial charge in [0, 0.05) is 18.0 Å². The van der Waals surface area contributed by atoms with Crippen molar-refractivity contribution in [1.82, 2.24) is 4.90 Å². The fourth-order valence-electron chi connectivity index (χ4n) is 3.12. The van der Waals surface area contributed by atoms with E-state index in [9.17, 15) is 22.3 Å². The fourth-order valence-corrected chi connectivity index (χ4v) is 6.33. The summed E-state index contributed by atoms with van der Waals surface area (Å²) in [6.45, 7) is 2.68. The number of nitrogens with zero attached hydrogens (tertiary/aromatic N) is 1. The molecular weight excluding hydrogens is 432 g/mol. The van der Waals surface area contributed by atoms with Crippen LogP contribution in [0, 0.1) is 0 Å². The van der Waals surface area contributed by atoms with E-state index < -0.39 is 20.6 Å². The summed E-state index contributed by atoms with van der Waals surface area (Å²) in [4.78, 5) is 15.0. The van der Waals surface area contributed by atoms with Crippen LogP contribution in [0.4, 0.5) is 5.69 Å². The predicted octanol–water partition coefficient (Wildman–Crippen LogP) is 3.64. The second-order valence-corrected chi connectivity index (χ2v) is 12.1. The van der Waals surface area contributed by atoms with Crippen LogP contribution in [-0.4, -0.2) is 52.9 Å². The van der Waals surface area contributed by atoms with E-state index in [0.717, 1.165) is 18.4 Å². The van der Waals surface area contributed by atoms with Crippen LogP contribution in [0.25, 0.3) is 0 Å². The molecule has 0 atom stereocenters. The van der Waals surface area contributed by atoms with Crippen LogP contribution < -0.4 is 4.72 Å². The van der Waals surface area contributed by atoms with Crippen LogP contribution in [0.5, 0.6) is 0 Å². The molecule has 1 aliphatic rings. The minimum atomic E-state index is -3.74. The molecule has 0 bridgehead atoms. The number of thiophene rings is 1. The standard InChI is InChI=1S/C19H26N2O5S3/c1-2-3-15-4-6-16(7-5-15)29(25,26)20-17-8-11-27-18(17)14-19(22)21-9-12-28(23,24)13-10-21/h4-8,11,20,23-24H,2-3,9-10,12-14H2,1H3. The summed E-state index contributed by atoms with van der Waals surface area (Å²) in [5.74, 6) is 0.236. The Morgan fingerprint density at radius 1 is 1.17 bits per heavy atom. The molecular formula is C19H26N2O5S3. The summed E-state index contributed by atoms with van der Waals surface area (Å²) in [6, 6.07) is 8.48. The maximum absolute atomic E-state index is 12.7. The van der Waals surface area contributed by atoms with Crippen molar-refractivity contribution in [2.24, 2.45) is 0 Å². The number of aryl methyl sites for hydroxylation is 1. The molecule has 0 unspecified atom stereocenters. The number of anilines is 1. The molecule has 0 saturated carbocycles. The smallest absolute Gasteiger partial charge is 0.261 e. The van der Waals surface area contributed by atoms with Crippen molar-refractivity contribution < 1.29 is 22.3 Å². The van der Waals surface area contributed by atoms with Crippen LogP contribution in [0.2, 0.25) is 0 Å². The minimum absolute atomic E-state index is 0.0736. The number of carbonyl (C=O) groups is 1. The molecule has 1 fully saturated rings. The van der Waals surface area contributed by atoms with E-state index in [1.807, 2.05) is 12.1 Å². The van der Waals surface area contributed by atoms with Crippen LogP contribution in [-0.2, 0) is 27.7 Å². The Morgan fingerprint density at radius 2 is 1.83 bits per heavy atom. The largest absolute Gasteiger partial charge is 0.339 e. The molecule has 1 saturated heterocycles. The quantitative estimate of drug-likeness (QED) is 0.587. The Morgan fingerprint density at radius 3 is 2.45 bits per heavy atom. The van der Waals surface area contributed by atoms with E-state index in [2.05, 4.69) is 11.6 Å². The van der Waals surface area contributed by atoms with Gasteiger partial charge in [0.25, 0.3) is 10.0 Å². The van der Waals surface area contributed by atoms with Crippen LogP contribution >= 0.6 is 21.9 Å². The van der Waals surface area contributed by atoms with Gasteiger partial charge >= 0.3 is 0 Å². The monoisotopic (exact) mass is 458 g/mol. The summed E-state index contributed by atoms with van der Waals surface area (Å²) < 4.78 is 47.4. The number of hydrogen-bond donors (Lipinski definition) is 3. The highest BCUT2D eigenvalue weighted by Crippen LogP contribution is 2.40. The molecule has 2 aromatic rings. The first-order chi connectivity index (χ1) is 13.7. The molecule has 0 spiro atoms. The molecule has 1 aliphatic heterocycles. The van der Waals surface area contributed by atoms with Gasteiger partial charge in [-0.3, -0.25) is 18.6 Å². The second-order valence-electron chi connectivity index (χ2n) is 7.02. The molecule has 10 heteroatoms. The van der Waals surface area contributed by atoms with Gasteiger partial charge in [0.15, 0.2) is 0 Å². The third-order valence-electron chi connectivity index (χ3n) is 4.80. The molecule has 160 valence electrons. The summed E-state index contributed by atoms with van der Waals surface area (Å²) in [7, 11) is -6.31. The van der Waals surface area contributed by atoms with Crippen molar-refractivity contribution in [2.75, 3.05) is 29.3 Å². The van der Waals surface area contributed by atoms with Crippen molar-refractivity contribution in [3.63, 3.8) is 0 Å². The van der Waals surface area contributed by atoms with E-state index in [1.165, 1.54) is 11.3 Å². The molecule has 3 N–H and O–H groups in total. The number of rotatable bonds is 7. The number of amides is 1. The summed E-state index contributed by atoms with van der Waals surface area (Å²) in [5, 5.41) is 1.75. The molecule has 1 aromatic carbocycles. The van der Waals surface area contributed by atoms with Gasteiger partial charge in [0.05, 0.1) is 28.5 Å². The summed E-state index contributed by atoms with van der Waals surface area (Å²) >= 11 is 1.32. The summed E-state index contributed by atoms with van der Waals surface area (Å²) in [5.41, 5.74) is 1.49. The lowest BCUT2D eigenvalue weighted by Gasteiger charge is -2.40. The molecule has 7 nitrogen and oxygen atoms in total.